The summed E-state index contributed by atoms with van der Waals surface area (Å²) in [5, 5.41) is 18.2. The maximum Gasteiger partial charge on any atom is 0.346 e. The SMILES string of the molecule is COc1cc(C(=O)NCCn2nc(-c3ccccn3)n(C)c2=O)c([N+](=O)[O-])cc1OC. The molecule has 1 amide bonds. The number of nitro benzene ring substituents is 1. The number of nitro groups is 1. The Kier molecular flexibility index (Phi) is 6.29. The van der Waals surface area contributed by atoms with E-state index in [-0.39, 0.29) is 35.8 Å². The van der Waals surface area contributed by atoms with E-state index in [1.54, 1.807) is 31.4 Å². The van der Waals surface area contributed by atoms with Gasteiger partial charge in [-0.25, -0.2) is 9.48 Å². The molecule has 12 heteroatoms. The normalized spacial score (nSPS) is 10.5. The summed E-state index contributed by atoms with van der Waals surface area (Å²) in [5.74, 6) is 0.000995. The molecule has 0 saturated heterocycles. The second-order valence-corrected chi connectivity index (χ2v) is 6.34. The highest BCUT2D eigenvalue weighted by Gasteiger charge is 2.24. The zero-order valence-electron chi connectivity index (χ0n) is 17.1. The van der Waals surface area contributed by atoms with Crippen molar-refractivity contribution in [2.75, 3.05) is 20.8 Å². The number of ether oxygens (including phenoxy) is 2. The number of methoxy groups -OCH3 is 2. The molecular formula is C19H20N6O6. The van der Waals surface area contributed by atoms with E-state index in [1.165, 1.54) is 29.5 Å². The van der Waals surface area contributed by atoms with Gasteiger partial charge in [0, 0.05) is 25.9 Å². The molecule has 1 aromatic carbocycles. The Morgan fingerprint density at radius 1 is 1.23 bits per heavy atom. The summed E-state index contributed by atoms with van der Waals surface area (Å²) in [5.41, 5.74) is -0.467. The molecule has 162 valence electrons. The number of benzene rings is 1. The van der Waals surface area contributed by atoms with Crippen molar-refractivity contribution >= 4 is 11.6 Å². The summed E-state index contributed by atoms with van der Waals surface area (Å²) in [6.45, 7) is 0.0786. The monoisotopic (exact) mass is 428 g/mol. The van der Waals surface area contributed by atoms with E-state index in [0.29, 0.717) is 11.5 Å². The Morgan fingerprint density at radius 2 is 1.94 bits per heavy atom. The molecule has 3 aromatic rings. The van der Waals surface area contributed by atoms with E-state index < -0.39 is 16.5 Å². The average molecular weight is 428 g/mol. The van der Waals surface area contributed by atoms with Crippen molar-refractivity contribution in [2.45, 2.75) is 6.54 Å². The third-order valence-electron chi connectivity index (χ3n) is 4.49. The minimum absolute atomic E-state index is 0.0168. The van der Waals surface area contributed by atoms with Crippen LogP contribution in [0, 0.1) is 10.1 Å². The topological polar surface area (TPSA) is 143 Å². The lowest BCUT2D eigenvalue weighted by Crippen LogP contribution is -2.32. The number of nitrogens with one attached hydrogen (secondary N) is 1. The number of nitrogens with zero attached hydrogens (tertiary/aromatic N) is 5. The highest BCUT2D eigenvalue weighted by Crippen LogP contribution is 2.34. The number of amides is 1. The number of hydrogen-bond acceptors (Lipinski definition) is 8. The molecular weight excluding hydrogens is 408 g/mol. The Hall–Kier alpha value is -4.22. The van der Waals surface area contributed by atoms with Gasteiger partial charge in [0.2, 0.25) is 0 Å². The lowest BCUT2D eigenvalue weighted by molar-refractivity contribution is -0.385. The average Bonchev–Trinajstić information content (AvgIpc) is 3.07. The van der Waals surface area contributed by atoms with Crippen LogP contribution in [0.1, 0.15) is 10.4 Å². The summed E-state index contributed by atoms with van der Waals surface area (Å²) in [6.07, 6.45) is 1.59. The fourth-order valence-electron chi connectivity index (χ4n) is 2.92. The second-order valence-electron chi connectivity index (χ2n) is 6.34. The minimum Gasteiger partial charge on any atom is -0.493 e. The third-order valence-corrected chi connectivity index (χ3v) is 4.49. The van der Waals surface area contributed by atoms with Gasteiger partial charge in [-0.15, -0.1) is 5.10 Å². The van der Waals surface area contributed by atoms with Crippen LogP contribution in [0.25, 0.3) is 11.5 Å². The number of carbonyl (C=O) groups excluding carboxylic acids is 1. The number of carbonyl (C=O) groups is 1. The van der Waals surface area contributed by atoms with Crippen molar-refractivity contribution in [3.63, 3.8) is 0 Å². The van der Waals surface area contributed by atoms with Crippen LogP contribution in [0.5, 0.6) is 11.5 Å². The zero-order chi connectivity index (χ0) is 22.5. The molecule has 0 aliphatic rings. The number of rotatable bonds is 8. The van der Waals surface area contributed by atoms with E-state index in [1.807, 2.05) is 0 Å². The fourth-order valence-corrected chi connectivity index (χ4v) is 2.92. The molecule has 0 spiro atoms. The van der Waals surface area contributed by atoms with Gasteiger partial charge in [-0.1, -0.05) is 6.07 Å². The summed E-state index contributed by atoms with van der Waals surface area (Å²) in [4.78, 5) is 39.9. The van der Waals surface area contributed by atoms with Crippen LogP contribution in [0.15, 0.2) is 41.3 Å². The van der Waals surface area contributed by atoms with Gasteiger partial charge in [0.1, 0.15) is 11.3 Å². The Labute approximate surface area is 176 Å². The van der Waals surface area contributed by atoms with Crippen molar-refractivity contribution in [3.05, 3.63) is 62.7 Å². The smallest absolute Gasteiger partial charge is 0.346 e. The van der Waals surface area contributed by atoms with E-state index in [4.69, 9.17) is 9.47 Å². The van der Waals surface area contributed by atoms with E-state index in [2.05, 4.69) is 15.4 Å². The first kappa shape index (κ1) is 21.5. The van der Waals surface area contributed by atoms with Crippen LogP contribution in [-0.2, 0) is 13.6 Å². The summed E-state index contributed by atoms with van der Waals surface area (Å²) in [7, 11) is 4.27. The van der Waals surface area contributed by atoms with Gasteiger partial charge in [0.05, 0.1) is 31.8 Å². The standard InChI is InChI=1S/C19H20N6O6/c1-23-17(13-6-4-5-7-20-13)22-24(19(23)27)9-8-21-18(26)12-10-15(30-2)16(31-3)11-14(12)25(28)29/h4-7,10-11H,8-9H2,1-3H3,(H,21,26). The first-order chi connectivity index (χ1) is 14.9. The predicted molar refractivity (Wildman–Crippen MR) is 109 cm³/mol. The van der Waals surface area contributed by atoms with Crippen LogP contribution in [0.3, 0.4) is 0 Å². The first-order valence-electron chi connectivity index (χ1n) is 9.11. The van der Waals surface area contributed by atoms with Crippen LogP contribution >= 0.6 is 0 Å². The van der Waals surface area contributed by atoms with Gasteiger partial charge in [-0.3, -0.25) is 24.5 Å². The molecule has 1 N–H and O–H groups in total. The van der Waals surface area contributed by atoms with E-state index >= 15 is 0 Å². The van der Waals surface area contributed by atoms with Gasteiger partial charge in [0.25, 0.3) is 11.6 Å². The first-order valence-corrected chi connectivity index (χ1v) is 9.11. The van der Waals surface area contributed by atoms with Crippen molar-refractivity contribution < 1.29 is 19.2 Å². The largest absolute Gasteiger partial charge is 0.493 e. The maximum absolute atomic E-state index is 12.6. The summed E-state index contributed by atoms with van der Waals surface area (Å²) in [6, 6.07) is 7.61. The molecule has 3 rings (SSSR count). The Morgan fingerprint density at radius 3 is 2.55 bits per heavy atom. The van der Waals surface area contributed by atoms with Gasteiger partial charge in [0.15, 0.2) is 17.3 Å². The van der Waals surface area contributed by atoms with Gasteiger partial charge in [-0.05, 0) is 12.1 Å². The van der Waals surface area contributed by atoms with Crippen molar-refractivity contribution in [2.24, 2.45) is 7.05 Å². The highest BCUT2D eigenvalue weighted by atomic mass is 16.6. The lowest BCUT2D eigenvalue weighted by Gasteiger charge is -2.10. The molecule has 0 aliphatic heterocycles. The van der Waals surface area contributed by atoms with Gasteiger partial charge < -0.3 is 14.8 Å². The molecule has 0 bridgehead atoms. The van der Waals surface area contributed by atoms with Gasteiger partial charge >= 0.3 is 5.69 Å². The highest BCUT2D eigenvalue weighted by molar-refractivity contribution is 5.99. The maximum atomic E-state index is 12.6. The number of hydrogen-bond donors (Lipinski definition) is 1. The van der Waals surface area contributed by atoms with Crippen molar-refractivity contribution in [1.29, 1.82) is 0 Å². The number of pyridine rings is 1. The number of aromatic nitrogens is 4. The van der Waals surface area contributed by atoms with Crippen LogP contribution in [0.4, 0.5) is 5.69 Å². The van der Waals surface area contributed by atoms with Crippen LogP contribution in [0.2, 0.25) is 0 Å². The van der Waals surface area contributed by atoms with Crippen molar-refractivity contribution in [3.8, 4) is 23.0 Å². The molecule has 2 heterocycles. The van der Waals surface area contributed by atoms with E-state index in [0.717, 1.165) is 6.07 Å². The molecule has 0 fully saturated rings. The van der Waals surface area contributed by atoms with Crippen LogP contribution < -0.4 is 20.5 Å². The molecule has 0 saturated carbocycles. The summed E-state index contributed by atoms with van der Waals surface area (Å²) >= 11 is 0. The summed E-state index contributed by atoms with van der Waals surface area (Å²) < 4.78 is 12.7. The molecule has 2 aromatic heterocycles. The zero-order valence-corrected chi connectivity index (χ0v) is 17.1. The van der Waals surface area contributed by atoms with Crippen molar-refractivity contribution in [1.82, 2.24) is 24.6 Å². The van der Waals surface area contributed by atoms with E-state index in [9.17, 15) is 19.7 Å². The van der Waals surface area contributed by atoms with Gasteiger partial charge in [-0.2, -0.15) is 0 Å². The Bertz CT molecular complexity index is 1170. The third kappa shape index (κ3) is 4.37. The quantitative estimate of drug-likeness (QED) is 0.413. The molecule has 0 aliphatic carbocycles. The Balaban J connectivity index is 1.77. The predicted octanol–water partition coefficient (Wildman–Crippen LogP) is 0.999. The molecule has 0 radical (unpaired) electrons. The molecule has 0 atom stereocenters. The minimum atomic E-state index is -0.693. The molecule has 12 nitrogen and oxygen atoms in total. The molecule has 31 heavy (non-hydrogen) atoms. The lowest BCUT2D eigenvalue weighted by atomic mass is 10.1. The fraction of sp³-hybridized carbons (Fsp3) is 0.263. The second kappa shape index (κ2) is 9.07. The van der Waals surface area contributed by atoms with Crippen LogP contribution in [-0.4, -0.2) is 50.9 Å². The molecule has 0 unspecified atom stereocenters.